The summed E-state index contributed by atoms with van der Waals surface area (Å²) in [7, 11) is 0. The summed E-state index contributed by atoms with van der Waals surface area (Å²) in [5, 5.41) is 4.03. The van der Waals surface area contributed by atoms with Gasteiger partial charge in [0.15, 0.2) is 5.78 Å². The molecule has 7 heteroatoms. The summed E-state index contributed by atoms with van der Waals surface area (Å²) in [4.78, 5) is 27.2. The molecule has 5 rings (SSSR count). The Morgan fingerprint density at radius 1 is 0.921 bits per heavy atom. The molecule has 5 nitrogen and oxygen atoms in total. The van der Waals surface area contributed by atoms with Gasteiger partial charge in [-0.15, -0.1) is 0 Å². The van der Waals surface area contributed by atoms with Crippen molar-refractivity contribution in [2.24, 2.45) is 0 Å². The highest BCUT2D eigenvalue weighted by Crippen LogP contribution is 2.48. The van der Waals surface area contributed by atoms with Crippen LogP contribution in [0.15, 0.2) is 101 Å². The van der Waals surface area contributed by atoms with Crippen LogP contribution in [-0.4, -0.2) is 25.0 Å². The molecular formula is C31H27Cl2NO4. The Balaban J connectivity index is 1.45. The summed E-state index contributed by atoms with van der Waals surface area (Å²) in [6.45, 7) is 2.07. The van der Waals surface area contributed by atoms with Crippen molar-refractivity contribution in [3.63, 3.8) is 0 Å². The predicted octanol–water partition coefficient (Wildman–Crippen LogP) is 6.98. The van der Waals surface area contributed by atoms with Gasteiger partial charge in [-0.1, -0.05) is 83.9 Å². The van der Waals surface area contributed by atoms with Gasteiger partial charge in [-0.3, -0.25) is 4.79 Å². The van der Waals surface area contributed by atoms with E-state index in [0.29, 0.717) is 51.0 Å². The first-order valence-electron chi connectivity index (χ1n) is 12.5. The molecule has 0 amide bonds. The van der Waals surface area contributed by atoms with Gasteiger partial charge in [-0.2, -0.15) is 0 Å². The number of Topliss-reactive ketones (excluding diaryl/α,β-unsaturated/α-hetero) is 1. The van der Waals surface area contributed by atoms with Crippen molar-refractivity contribution in [2.75, 3.05) is 13.2 Å². The van der Waals surface area contributed by atoms with E-state index in [1.54, 1.807) is 12.1 Å². The zero-order valence-corrected chi connectivity index (χ0v) is 22.4. The number of ether oxygens (including phenoxy) is 2. The lowest BCUT2D eigenvalue weighted by atomic mass is 9.71. The summed E-state index contributed by atoms with van der Waals surface area (Å²) in [6, 6.07) is 24.6. The van der Waals surface area contributed by atoms with Gasteiger partial charge in [0.1, 0.15) is 19.0 Å². The Morgan fingerprint density at radius 2 is 1.63 bits per heavy atom. The Hall–Kier alpha value is -3.54. The number of esters is 1. The van der Waals surface area contributed by atoms with E-state index in [2.05, 4.69) is 5.32 Å². The van der Waals surface area contributed by atoms with Crippen molar-refractivity contribution in [1.82, 2.24) is 5.32 Å². The van der Waals surface area contributed by atoms with Gasteiger partial charge in [-0.25, -0.2) is 4.79 Å². The molecule has 0 bridgehead atoms. The highest BCUT2D eigenvalue weighted by molar-refractivity contribution is 6.42. The molecule has 0 saturated carbocycles. The summed E-state index contributed by atoms with van der Waals surface area (Å²) in [5.41, 5.74) is 4.03. The van der Waals surface area contributed by atoms with Crippen LogP contribution in [0, 0.1) is 0 Å². The SMILES string of the molecule is CC1=C(C(=O)OCCOc2ccccc2)[C@H](c2cccc(Cl)c2Cl)C2=C(C[C@@H](c3ccccc3)CC2=O)N1. The van der Waals surface area contributed by atoms with Crippen molar-refractivity contribution in [2.45, 2.75) is 31.6 Å². The van der Waals surface area contributed by atoms with Crippen LogP contribution in [0.2, 0.25) is 10.0 Å². The van der Waals surface area contributed by atoms with Gasteiger partial charge in [0.05, 0.1) is 15.6 Å². The third-order valence-electron chi connectivity index (χ3n) is 6.94. The highest BCUT2D eigenvalue weighted by Gasteiger charge is 2.42. The second kappa shape index (κ2) is 11.5. The number of hydrogen-bond donors (Lipinski definition) is 1. The lowest BCUT2D eigenvalue weighted by Crippen LogP contribution is -2.36. The fraction of sp³-hybridized carbons (Fsp3) is 0.226. The van der Waals surface area contributed by atoms with Gasteiger partial charge in [0.2, 0.25) is 0 Å². The van der Waals surface area contributed by atoms with Gasteiger partial charge in [-0.05, 0) is 48.6 Å². The van der Waals surface area contributed by atoms with Crippen LogP contribution >= 0.6 is 23.2 Å². The van der Waals surface area contributed by atoms with Gasteiger partial charge in [0, 0.05) is 29.3 Å². The van der Waals surface area contributed by atoms with E-state index < -0.39 is 11.9 Å². The van der Waals surface area contributed by atoms with Crippen molar-refractivity contribution in [3.05, 3.63) is 123 Å². The smallest absolute Gasteiger partial charge is 0.336 e. The number of allylic oxidation sites excluding steroid dienone is 3. The zero-order chi connectivity index (χ0) is 26.6. The number of rotatable bonds is 7. The molecule has 1 heterocycles. The van der Waals surface area contributed by atoms with E-state index >= 15 is 0 Å². The lowest BCUT2D eigenvalue weighted by molar-refractivity contribution is -0.140. The second-order valence-corrected chi connectivity index (χ2v) is 10.2. The van der Waals surface area contributed by atoms with E-state index in [0.717, 1.165) is 11.3 Å². The minimum atomic E-state index is -0.691. The van der Waals surface area contributed by atoms with E-state index in [-0.39, 0.29) is 24.9 Å². The largest absolute Gasteiger partial charge is 0.490 e. The average Bonchev–Trinajstić information content (AvgIpc) is 2.93. The fourth-order valence-corrected chi connectivity index (χ4v) is 5.63. The Morgan fingerprint density at radius 3 is 2.37 bits per heavy atom. The standard InChI is InChI=1S/C31H27Cl2NO4/c1-19-27(31(36)38-16-15-37-22-11-6-3-7-12-22)28(23-13-8-14-24(32)30(23)33)29-25(34-19)17-21(18-26(29)35)20-9-4-2-5-10-20/h2-14,21,28,34H,15-18H2,1H3/t21-,28+/m1/s1. The van der Waals surface area contributed by atoms with Crippen LogP contribution in [0.3, 0.4) is 0 Å². The summed E-state index contributed by atoms with van der Waals surface area (Å²) >= 11 is 13.0. The number of carbonyl (C=O) groups is 2. The molecule has 0 spiro atoms. The Labute approximate surface area is 232 Å². The molecule has 0 radical (unpaired) electrons. The first kappa shape index (κ1) is 26.1. The fourth-order valence-electron chi connectivity index (χ4n) is 5.21. The molecule has 0 unspecified atom stereocenters. The molecule has 194 valence electrons. The molecule has 38 heavy (non-hydrogen) atoms. The topological polar surface area (TPSA) is 64.6 Å². The predicted molar refractivity (Wildman–Crippen MR) is 148 cm³/mol. The van der Waals surface area contributed by atoms with Crippen LogP contribution < -0.4 is 10.1 Å². The molecule has 1 N–H and O–H groups in total. The number of para-hydroxylation sites is 1. The summed E-state index contributed by atoms with van der Waals surface area (Å²) in [5.74, 6) is -0.514. The Kier molecular flexibility index (Phi) is 7.87. The molecule has 1 aliphatic heterocycles. The molecule has 0 aromatic heterocycles. The zero-order valence-electron chi connectivity index (χ0n) is 20.9. The molecule has 3 aromatic carbocycles. The lowest BCUT2D eigenvalue weighted by Gasteiger charge is -2.37. The quantitative estimate of drug-likeness (QED) is 0.255. The second-order valence-electron chi connectivity index (χ2n) is 9.37. The Bertz CT molecular complexity index is 1420. The van der Waals surface area contributed by atoms with Gasteiger partial charge < -0.3 is 14.8 Å². The molecule has 0 saturated heterocycles. The number of ketones is 1. The minimum Gasteiger partial charge on any atom is -0.490 e. The van der Waals surface area contributed by atoms with Crippen LogP contribution in [0.5, 0.6) is 5.75 Å². The highest BCUT2D eigenvalue weighted by atomic mass is 35.5. The first-order chi connectivity index (χ1) is 18.4. The maximum atomic E-state index is 13.7. The van der Waals surface area contributed by atoms with Crippen molar-refractivity contribution in [1.29, 1.82) is 0 Å². The van der Waals surface area contributed by atoms with Crippen LogP contribution in [0.25, 0.3) is 0 Å². The molecule has 2 atom stereocenters. The normalized spacial score (nSPS) is 19.1. The van der Waals surface area contributed by atoms with Crippen LogP contribution in [0.4, 0.5) is 0 Å². The van der Waals surface area contributed by atoms with E-state index in [1.165, 1.54) is 0 Å². The number of benzene rings is 3. The van der Waals surface area contributed by atoms with E-state index in [1.807, 2.05) is 73.7 Å². The maximum absolute atomic E-state index is 13.7. The molecule has 2 aliphatic rings. The van der Waals surface area contributed by atoms with Crippen LogP contribution in [0.1, 0.15) is 42.7 Å². The van der Waals surface area contributed by atoms with Gasteiger partial charge in [0.25, 0.3) is 0 Å². The number of hydrogen-bond acceptors (Lipinski definition) is 5. The number of carbonyl (C=O) groups excluding carboxylic acids is 2. The molecule has 3 aromatic rings. The van der Waals surface area contributed by atoms with Crippen LogP contribution in [-0.2, 0) is 14.3 Å². The van der Waals surface area contributed by atoms with E-state index in [4.69, 9.17) is 32.7 Å². The number of dihydropyridines is 1. The van der Waals surface area contributed by atoms with Crippen molar-refractivity contribution >= 4 is 35.0 Å². The summed E-state index contributed by atoms with van der Waals surface area (Å²) < 4.78 is 11.3. The number of nitrogens with one attached hydrogen (secondary N) is 1. The average molecular weight is 548 g/mol. The molecule has 0 fully saturated rings. The molecule has 1 aliphatic carbocycles. The third-order valence-corrected chi connectivity index (χ3v) is 7.77. The first-order valence-corrected chi connectivity index (χ1v) is 13.3. The monoisotopic (exact) mass is 547 g/mol. The maximum Gasteiger partial charge on any atom is 0.336 e. The van der Waals surface area contributed by atoms with E-state index in [9.17, 15) is 9.59 Å². The minimum absolute atomic E-state index is 0.0288. The molecular weight excluding hydrogens is 521 g/mol. The van der Waals surface area contributed by atoms with Crippen molar-refractivity contribution < 1.29 is 19.1 Å². The summed E-state index contributed by atoms with van der Waals surface area (Å²) in [6.07, 6.45) is 0.982. The third kappa shape index (κ3) is 5.35. The van der Waals surface area contributed by atoms with Crippen molar-refractivity contribution in [3.8, 4) is 5.75 Å². The van der Waals surface area contributed by atoms with Gasteiger partial charge >= 0.3 is 5.97 Å². The number of halogens is 2.